The Morgan fingerprint density at radius 1 is 1.60 bits per heavy atom. The molecule has 0 aliphatic rings. The topological polar surface area (TPSA) is 81.8 Å². The van der Waals surface area contributed by atoms with Gasteiger partial charge in [-0.15, -0.1) is 0 Å². The molecular weight excluding hydrogens is 192 g/mol. The lowest BCUT2D eigenvalue weighted by atomic mass is 10.1. The van der Waals surface area contributed by atoms with Crippen LogP contribution >= 0.6 is 0 Å². The Labute approximate surface area is 88.8 Å². The van der Waals surface area contributed by atoms with Crippen molar-refractivity contribution in [2.24, 2.45) is 5.92 Å². The lowest BCUT2D eigenvalue weighted by molar-refractivity contribution is 0.226. The maximum atomic E-state index is 8.95. The van der Waals surface area contributed by atoms with E-state index in [1.807, 2.05) is 19.9 Å². The second-order valence-corrected chi connectivity index (χ2v) is 3.47. The highest BCUT2D eigenvalue weighted by Crippen LogP contribution is 2.07. The van der Waals surface area contributed by atoms with Crippen LogP contribution in [0.5, 0.6) is 0 Å². The summed E-state index contributed by atoms with van der Waals surface area (Å²) in [4.78, 5) is 7.97. The van der Waals surface area contributed by atoms with Gasteiger partial charge >= 0.3 is 0 Å². The highest BCUT2D eigenvalue weighted by atomic mass is 16.3. The fourth-order valence-corrected chi connectivity index (χ4v) is 0.995. The van der Waals surface area contributed by atoms with Gasteiger partial charge in [0.25, 0.3) is 0 Å². The molecule has 0 aromatic carbocycles. The monoisotopic (exact) mass is 206 g/mol. The smallest absolute Gasteiger partial charge is 0.224 e. The largest absolute Gasteiger partial charge is 0.396 e. The first kappa shape index (κ1) is 11.4. The van der Waals surface area contributed by atoms with Crippen LogP contribution in [0.15, 0.2) is 12.3 Å². The highest BCUT2D eigenvalue weighted by molar-refractivity contribution is 5.30. The second kappa shape index (κ2) is 5.27. The lowest BCUT2D eigenvalue weighted by Gasteiger charge is -2.18. The summed E-state index contributed by atoms with van der Waals surface area (Å²) in [6, 6.07) is 3.55. The van der Waals surface area contributed by atoms with Gasteiger partial charge in [-0.1, -0.05) is 6.92 Å². The van der Waals surface area contributed by atoms with Gasteiger partial charge in [0.05, 0.1) is 0 Å². The second-order valence-electron chi connectivity index (χ2n) is 3.47. The van der Waals surface area contributed by atoms with E-state index in [1.165, 1.54) is 6.20 Å². The highest BCUT2D eigenvalue weighted by Gasteiger charge is 2.11. The third-order valence-corrected chi connectivity index (χ3v) is 2.27. The Bertz CT molecular complexity index is 361. The van der Waals surface area contributed by atoms with E-state index >= 15 is 0 Å². The molecule has 15 heavy (non-hydrogen) atoms. The minimum Gasteiger partial charge on any atom is -0.396 e. The number of nitriles is 1. The zero-order valence-corrected chi connectivity index (χ0v) is 8.81. The first-order valence-corrected chi connectivity index (χ1v) is 4.78. The van der Waals surface area contributed by atoms with E-state index in [4.69, 9.17) is 10.4 Å². The van der Waals surface area contributed by atoms with Crippen LogP contribution in [0.1, 0.15) is 19.5 Å². The average Bonchev–Trinajstić information content (AvgIpc) is 2.28. The minimum atomic E-state index is 0.0592. The first-order chi connectivity index (χ1) is 7.17. The Morgan fingerprint density at radius 2 is 2.33 bits per heavy atom. The zero-order chi connectivity index (χ0) is 11.3. The standard InChI is InChI=1S/C10H14N4O/c1-7(6-15)8(2)13-10-12-4-3-9(5-11)14-10/h3-4,7-8,15H,6H2,1-2H3,(H,12,13,14). The molecule has 0 saturated carbocycles. The van der Waals surface area contributed by atoms with Crippen LogP contribution in [0.3, 0.4) is 0 Å². The molecule has 1 heterocycles. The molecule has 0 aliphatic carbocycles. The molecule has 80 valence electrons. The van der Waals surface area contributed by atoms with Crippen molar-refractivity contribution in [3.8, 4) is 6.07 Å². The third kappa shape index (κ3) is 3.18. The summed E-state index contributed by atoms with van der Waals surface area (Å²) in [5.41, 5.74) is 0.330. The van der Waals surface area contributed by atoms with Gasteiger partial charge in [-0.3, -0.25) is 0 Å². The van der Waals surface area contributed by atoms with E-state index in [0.717, 1.165) is 0 Å². The van der Waals surface area contributed by atoms with E-state index < -0.39 is 0 Å². The molecule has 0 aliphatic heterocycles. The molecule has 0 fully saturated rings. The first-order valence-electron chi connectivity index (χ1n) is 4.78. The summed E-state index contributed by atoms with van der Waals surface area (Å²) in [6.45, 7) is 3.96. The Hall–Kier alpha value is -1.67. The Balaban J connectivity index is 2.68. The molecule has 5 nitrogen and oxygen atoms in total. The van der Waals surface area contributed by atoms with E-state index in [2.05, 4.69) is 15.3 Å². The number of aliphatic hydroxyl groups is 1. The molecule has 0 amide bonds. The van der Waals surface area contributed by atoms with Gasteiger partial charge in [0, 0.05) is 18.8 Å². The van der Waals surface area contributed by atoms with E-state index in [1.54, 1.807) is 6.07 Å². The molecule has 2 atom stereocenters. The number of aliphatic hydroxyl groups excluding tert-OH is 1. The van der Waals surface area contributed by atoms with Crippen molar-refractivity contribution in [3.05, 3.63) is 18.0 Å². The summed E-state index contributed by atoms with van der Waals surface area (Å²) in [5, 5.41) is 20.6. The van der Waals surface area contributed by atoms with Gasteiger partial charge in [-0.05, 0) is 18.9 Å². The van der Waals surface area contributed by atoms with Crippen molar-refractivity contribution in [3.63, 3.8) is 0 Å². The van der Waals surface area contributed by atoms with Crippen LogP contribution in [0.4, 0.5) is 5.95 Å². The van der Waals surface area contributed by atoms with Gasteiger partial charge in [0.2, 0.25) is 5.95 Å². The van der Waals surface area contributed by atoms with Crippen LogP contribution in [0, 0.1) is 17.2 Å². The SMILES string of the molecule is CC(CO)C(C)Nc1nccc(C#N)n1. The maximum absolute atomic E-state index is 8.95. The summed E-state index contributed by atoms with van der Waals surface area (Å²) in [5.74, 6) is 0.529. The van der Waals surface area contributed by atoms with Crippen LogP contribution in [0.25, 0.3) is 0 Å². The quantitative estimate of drug-likeness (QED) is 0.760. The molecule has 2 unspecified atom stereocenters. The fourth-order valence-electron chi connectivity index (χ4n) is 0.995. The fraction of sp³-hybridized carbons (Fsp3) is 0.500. The summed E-state index contributed by atoms with van der Waals surface area (Å²) in [6.07, 6.45) is 1.53. The molecular formula is C10H14N4O. The minimum absolute atomic E-state index is 0.0592. The summed E-state index contributed by atoms with van der Waals surface area (Å²) >= 11 is 0. The van der Waals surface area contributed by atoms with Crippen molar-refractivity contribution in [1.29, 1.82) is 5.26 Å². The van der Waals surface area contributed by atoms with Gasteiger partial charge < -0.3 is 10.4 Å². The zero-order valence-electron chi connectivity index (χ0n) is 8.81. The Kier molecular flexibility index (Phi) is 4.01. The molecule has 0 spiro atoms. The van der Waals surface area contributed by atoms with Gasteiger partial charge in [0.15, 0.2) is 0 Å². The number of hydrogen-bond donors (Lipinski definition) is 2. The maximum Gasteiger partial charge on any atom is 0.224 e. The van der Waals surface area contributed by atoms with Gasteiger partial charge in [0.1, 0.15) is 11.8 Å². The van der Waals surface area contributed by atoms with E-state index in [-0.39, 0.29) is 18.6 Å². The predicted octanol–water partition coefficient (Wildman–Crippen LogP) is 0.777. The number of nitrogens with one attached hydrogen (secondary N) is 1. The normalized spacial score (nSPS) is 14.0. The van der Waals surface area contributed by atoms with Crippen LogP contribution < -0.4 is 5.32 Å². The number of rotatable bonds is 4. The van der Waals surface area contributed by atoms with Crippen LogP contribution in [-0.4, -0.2) is 27.7 Å². The lowest BCUT2D eigenvalue weighted by Crippen LogP contribution is -2.27. The van der Waals surface area contributed by atoms with Crippen molar-refractivity contribution < 1.29 is 5.11 Å². The van der Waals surface area contributed by atoms with Gasteiger partial charge in [-0.2, -0.15) is 5.26 Å². The molecule has 1 aromatic rings. The number of hydrogen-bond acceptors (Lipinski definition) is 5. The van der Waals surface area contributed by atoms with Crippen molar-refractivity contribution in [2.75, 3.05) is 11.9 Å². The van der Waals surface area contributed by atoms with Crippen LogP contribution in [0.2, 0.25) is 0 Å². The molecule has 1 aromatic heterocycles. The van der Waals surface area contributed by atoms with Crippen LogP contribution in [-0.2, 0) is 0 Å². The molecule has 2 N–H and O–H groups in total. The third-order valence-electron chi connectivity index (χ3n) is 2.27. The summed E-state index contributed by atoms with van der Waals surface area (Å²) < 4.78 is 0. The van der Waals surface area contributed by atoms with Crippen molar-refractivity contribution >= 4 is 5.95 Å². The predicted molar refractivity (Wildman–Crippen MR) is 56.1 cm³/mol. The van der Waals surface area contributed by atoms with Crippen molar-refractivity contribution in [1.82, 2.24) is 9.97 Å². The molecule has 0 saturated heterocycles. The molecule has 1 rings (SSSR count). The summed E-state index contributed by atoms with van der Waals surface area (Å²) in [7, 11) is 0. The molecule has 0 bridgehead atoms. The molecule has 5 heteroatoms. The number of nitrogens with zero attached hydrogens (tertiary/aromatic N) is 3. The Morgan fingerprint density at radius 3 is 2.93 bits per heavy atom. The van der Waals surface area contributed by atoms with E-state index in [0.29, 0.717) is 11.6 Å². The number of anilines is 1. The van der Waals surface area contributed by atoms with Gasteiger partial charge in [-0.25, -0.2) is 9.97 Å². The molecule has 0 radical (unpaired) electrons. The van der Waals surface area contributed by atoms with Crippen molar-refractivity contribution in [2.45, 2.75) is 19.9 Å². The average molecular weight is 206 g/mol. The van der Waals surface area contributed by atoms with E-state index in [9.17, 15) is 0 Å². The number of aromatic nitrogens is 2.